The number of nitrogens with zero attached hydrogens (tertiary/aromatic N) is 1. The molecular formula is C13H16ClFN2O3S. The molecule has 1 fully saturated rings. The number of halogens is 2. The van der Waals surface area contributed by atoms with Gasteiger partial charge < -0.3 is 4.90 Å². The Hall–Kier alpha value is -1.18. The first-order valence-electron chi connectivity index (χ1n) is 6.54. The van der Waals surface area contributed by atoms with Gasteiger partial charge in [-0.05, 0) is 37.5 Å². The van der Waals surface area contributed by atoms with Crippen molar-refractivity contribution in [1.29, 1.82) is 0 Å². The molecule has 2 rings (SSSR count). The van der Waals surface area contributed by atoms with E-state index in [1.165, 1.54) is 6.92 Å². The normalized spacial score (nSPS) is 15.5. The van der Waals surface area contributed by atoms with Gasteiger partial charge in [0.15, 0.2) is 0 Å². The summed E-state index contributed by atoms with van der Waals surface area (Å²) >= 11 is 5.77. The number of carbonyl (C=O) groups is 1. The van der Waals surface area contributed by atoms with Gasteiger partial charge in [0, 0.05) is 13.1 Å². The Morgan fingerprint density at radius 3 is 2.62 bits per heavy atom. The molecule has 5 nitrogen and oxygen atoms in total. The largest absolute Gasteiger partial charge is 0.342 e. The Morgan fingerprint density at radius 2 is 2.00 bits per heavy atom. The number of likely N-dealkylation sites (tertiary alicyclic amines) is 1. The molecule has 116 valence electrons. The van der Waals surface area contributed by atoms with Gasteiger partial charge in [-0.15, -0.1) is 0 Å². The van der Waals surface area contributed by atoms with Crippen LogP contribution in [0.25, 0.3) is 0 Å². The van der Waals surface area contributed by atoms with Gasteiger partial charge in [-0.25, -0.2) is 17.5 Å². The molecule has 1 aliphatic heterocycles. The van der Waals surface area contributed by atoms with E-state index in [0.29, 0.717) is 13.1 Å². The molecule has 1 aromatic rings. The van der Waals surface area contributed by atoms with Crippen molar-refractivity contribution in [3.05, 3.63) is 28.5 Å². The fourth-order valence-electron chi connectivity index (χ4n) is 2.15. The van der Waals surface area contributed by atoms with E-state index in [1.54, 1.807) is 4.90 Å². The Morgan fingerprint density at radius 1 is 1.38 bits per heavy atom. The number of hydrogen-bond acceptors (Lipinski definition) is 3. The molecule has 0 aromatic heterocycles. The molecule has 1 aliphatic rings. The quantitative estimate of drug-likeness (QED) is 0.911. The Labute approximate surface area is 128 Å². The number of amides is 1. The topological polar surface area (TPSA) is 66.5 Å². The van der Waals surface area contributed by atoms with Crippen molar-refractivity contribution in [3.8, 4) is 0 Å². The molecule has 0 unspecified atom stereocenters. The molecule has 0 radical (unpaired) electrons. The van der Waals surface area contributed by atoms with Crippen molar-refractivity contribution < 1.29 is 17.6 Å². The standard InChI is InChI=1S/C13H16ClFN2O3S/c1-9-6-12(10(14)7-11(9)15)21(19,20)16-8-13(18)17-4-2-3-5-17/h6-7,16H,2-5,8H2,1H3. The first-order chi connectivity index (χ1) is 9.81. The number of rotatable bonds is 4. The molecule has 0 atom stereocenters. The monoisotopic (exact) mass is 334 g/mol. The molecule has 1 amide bonds. The summed E-state index contributed by atoms with van der Waals surface area (Å²) in [6.45, 7) is 2.42. The highest BCUT2D eigenvalue weighted by Crippen LogP contribution is 2.24. The summed E-state index contributed by atoms with van der Waals surface area (Å²) in [5, 5.41) is -0.209. The summed E-state index contributed by atoms with van der Waals surface area (Å²) in [4.78, 5) is 13.2. The van der Waals surface area contributed by atoms with Crippen LogP contribution in [0.1, 0.15) is 18.4 Å². The maximum absolute atomic E-state index is 13.3. The van der Waals surface area contributed by atoms with Gasteiger partial charge >= 0.3 is 0 Å². The predicted molar refractivity (Wildman–Crippen MR) is 77.1 cm³/mol. The lowest BCUT2D eigenvalue weighted by molar-refractivity contribution is -0.128. The second kappa shape index (κ2) is 6.29. The summed E-state index contributed by atoms with van der Waals surface area (Å²) in [6, 6.07) is 2.11. The summed E-state index contributed by atoms with van der Waals surface area (Å²) < 4.78 is 39.8. The fraction of sp³-hybridized carbons (Fsp3) is 0.462. The third-order valence-corrected chi connectivity index (χ3v) is 5.24. The lowest BCUT2D eigenvalue weighted by atomic mass is 10.2. The Balaban J connectivity index is 2.11. The zero-order valence-electron chi connectivity index (χ0n) is 11.5. The number of aryl methyl sites for hydroxylation is 1. The van der Waals surface area contributed by atoms with Crippen LogP contribution in [0.5, 0.6) is 0 Å². The second-order valence-corrected chi connectivity index (χ2v) is 7.09. The maximum Gasteiger partial charge on any atom is 0.242 e. The zero-order chi connectivity index (χ0) is 15.6. The van der Waals surface area contributed by atoms with Crippen molar-refractivity contribution in [3.63, 3.8) is 0 Å². The molecular weight excluding hydrogens is 319 g/mol. The second-order valence-electron chi connectivity index (χ2n) is 4.94. The summed E-state index contributed by atoms with van der Waals surface area (Å²) in [5.74, 6) is -0.849. The van der Waals surface area contributed by atoms with E-state index in [2.05, 4.69) is 4.72 Å². The van der Waals surface area contributed by atoms with Crippen molar-refractivity contribution in [2.75, 3.05) is 19.6 Å². The number of carbonyl (C=O) groups excluding carboxylic acids is 1. The summed E-state index contributed by atoms with van der Waals surface area (Å²) in [5.41, 5.74) is 0.172. The average molecular weight is 335 g/mol. The summed E-state index contributed by atoms with van der Waals surface area (Å²) in [7, 11) is -3.95. The SMILES string of the molecule is Cc1cc(S(=O)(=O)NCC(=O)N2CCCC2)c(Cl)cc1F. The third-order valence-electron chi connectivity index (χ3n) is 3.37. The van der Waals surface area contributed by atoms with Crippen LogP contribution in [0.15, 0.2) is 17.0 Å². The van der Waals surface area contributed by atoms with Crippen LogP contribution in [0.4, 0.5) is 4.39 Å². The molecule has 0 aliphatic carbocycles. The van der Waals surface area contributed by atoms with Crippen LogP contribution < -0.4 is 4.72 Å². The first kappa shape index (κ1) is 16.2. The van der Waals surface area contributed by atoms with Crippen LogP contribution in [0.2, 0.25) is 5.02 Å². The van der Waals surface area contributed by atoms with Crippen molar-refractivity contribution >= 4 is 27.5 Å². The van der Waals surface area contributed by atoms with E-state index in [1.807, 2.05) is 0 Å². The molecule has 0 bridgehead atoms. The van der Waals surface area contributed by atoms with Crippen LogP contribution in [-0.4, -0.2) is 38.9 Å². The van der Waals surface area contributed by atoms with Gasteiger partial charge in [-0.3, -0.25) is 4.79 Å². The Bertz CT molecular complexity index is 658. The van der Waals surface area contributed by atoms with Crippen molar-refractivity contribution in [1.82, 2.24) is 9.62 Å². The van der Waals surface area contributed by atoms with Crippen LogP contribution in [-0.2, 0) is 14.8 Å². The highest BCUT2D eigenvalue weighted by atomic mass is 35.5. The van der Waals surface area contributed by atoms with E-state index in [9.17, 15) is 17.6 Å². The molecule has 1 aromatic carbocycles. The van der Waals surface area contributed by atoms with E-state index in [-0.39, 0.29) is 27.9 Å². The van der Waals surface area contributed by atoms with Gasteiger partial charge in [0.25, 0.3) is 0 Å². The molecule has 21 heavy (non-hydrogen) atoms. The molecule has 0 spiro atoms. The van der Waals surface area contributed by atoms with Gasteiger partial charge in [-0.1, -0.05) is 11.6 Å². The van der Waals surface area contributed by atoms with Gasteiger partial charge in [0.05, 0.1) is 11.6 Å². The molecule has 8 heteroatoms. The molecule has 1 saturated heterocycles. The van der Waals surface area contributed by atoms with E-state index in [4.69, 9.17) is 11.6 Å². The molecule has 1 N–H and O–H groups in total. The third kappa shape index (κ3) is 3.72. The Kier molecular flexibility index (Phi) is 4.85. The minimum Gasteiger partial charge on any atom is -0.342 e. The van der Waals surface area contributed by atoms with Gasteiger partial charge in [-0.2, -0.15) is 0 Å². The number of nitrogens with one attached hydrogen (secondary N) is 1. The molecule has 0 saturated carbocycles. The highest BCUT2D eigenvalue weighted by molar-refractivity contribution is 7.89. The molecule has 1 heterocycles. The van der Waals surface area contributed by atoms with Gasteiger partial charge in [0.1, 0.15) is 10.7 Å². The summed E-state index contributed by atoms with van der Waals surface area (Å²) in [6.07, 6.45) is 1.86. The maximum atomic E-state index is 13.3. The predicted octanol–water partition coefficient (Wildman–Crippen LogP) is 1.69. The lowest BCUT2D eigenvalue weighted by Crippen LogP contribution is -2.38. The highest BCUT2D eigenvalue weighted by Gasteiger charge is 2.23. The van der Waals surface area contributed by atoms with E-state index in [0.717, 1.165) is 25.0 Å². The van der Waals surface area contributed by atoms with Crippen LogP contribution in [0.3, 0.4) is 0 Å². The minimum atomic E-state index is -3.95. The smallest absolute Gasteiger partial charge is 0.242 e. The van der Waals surface area contributed by atoms with Crippen molar-refractivity contribution in [2.45, 2.75) is 24.7 Å². The minimum absolute atomic E-state index is 0.172. The number of benzene rings is 1. The van der Waals surface area contributed by atoms with Crippen molar-refractivity contribution in [2.24, 2.45) is 0 Å². The zero-order valence-corrected chi connectivity index (χ0v) is 13.1. The first-order valence-corrected chi connectivity index (χ1v) is 8.40. The van der Waals surface area contributed by atoms with Gasteiger partial charge in [0.2, 0.25) is 15.9 Å². The van der Waals surface area contributed by atoms with E-state index >= 15 is 0 Å². The lowest BCUT2D eigenvalue weighted by Gasteiger charge is -2.16. The van der Waals surface area contributed by atoms with E-state index < -0.39 is 15.8 Å². The average Bonchev–Trinajstić information content (AvgIpc) is 2.94. The fourth-order valence-corrected chi connectivity index (χ4v) is 3.72. The van der Waals surface area contributed by atoms with Crippen LogP contribution >= 0.6 is 11.6 Å². The van der Waals surface area contributed by atoms with Crippen LogP contribution in [0, 0.1) is 12.7 Å². The number of sulfonamides is 1. The number of hydrogen-bond donors (Lipinski definition) is 1.